The molecule has 1 aliphatic rings. The molecule has 1 aliphatic heterocycles. The fourth-order valence-electron chi connectivity index (χ4n) is 3.07. The van der Waals surface area contributed by atoms with Crippen LogP contribution in [0.3, 0.4) is 0 Å². The Labute approximate surface area is 180 Å². The number of ether oxygens (including phenoxy) is 1. The van der Waals surface area contributed by atoms with Gasteiger partial charge in [-0.3, -0.25) is 14.4 Å². The molecular weight excluding hydrogens is 438 g/mol. The van der Waals surface area contributed by atoms with Crippen LogP contribution >= 0.6 is 0 Å². The number of carboxylic acids is 3. The standard InChI is InChI=1S/C17H25N3O12/c18-4-6-32-12(23)8-16(30,14(26)27)7-10(21)19-5-2-9(13(24)25)20-11(22)1-3-17(20,31)15(28)29/h9,30-31H,1-8,18H2,(H,19,21)(H,24,25)(H,26,27)(H,28,29)/p-2. The van der Waals surface area contributed by atoms with Crippen molar-refractivity contribution in [1.82, 2.24) is 10.2 Å². The zero-order valence-electron chi connectivity index (χ0n) is 16.9. The van der Waals surface area contributed by atoms with E-state index in [1.807, 2.05) is 0 Å². The van der Waals surface area contributed by atoms with Gasteiger partial charge in [-0.1, -0.05) is 0 Å². The summed E-state index contributed by atoms with van der Waals surface area (Å²) in [6.45, 7) is -0.520. The highest BCUT2D eigenvalue weighted by Gasteiger charge is 2.48. The first-order valence-corrected chi connectivity index (χ1v) is 9.40. The molecule has 0 aromatic rings. The van der Waals surface area contributed by atoms with Crippen LogP contribution in [0.2, 0.25) is 0 Å². The number of quaternary nitrogens is 1. The van der Waals surface area contributed by atoms with Crippen LogP contribution in [-0.4, -0.2) is 87.9 Å². The Balaban J connectivity index is 2.78. The number of aliphatic hydroxyl groups is 2. The van der Waals surface area contributed by atoms with E-state index in [0.717, 1.165) is 0 Å². The lowest BCUT2D eigenvalue weighted by molar-refractivity contribution is -0.372. The third kappa shape index (κ3) is 6.35. The van der Waals surface area contributed by atoms with E-state index in [1.54, 1.807) is 0 Å². The fourth-order valence-corrected chi connectivity index (χ4v) is 3.07. The van der Waals surface area contributed by atoms with Crippen molar-refractivity contribution in [3.8, 4) is 0 Å². The molecule has 0 bridgehead atoms. The first kappa shape index (κ1) is 26.7. The van der Waals surface area contributed by atoms with Gasteiger partial charge in [0.2, 0.25) is 11.8 Å². The summed E-state index contributed by atoms with van der Waals surface area (Å²) in [5, 5.41) is 56.0. The minimum absolute atomic E-state index is 0.147. The Morgan fingerprint density at radius 2 is 1.84 bits per heavy atom. The molecule has 32 heavy (non-hydrogen) atoms. The SMILES string of the molecule is [NH3+]CCOC(=O)CC(O)(CC(=O)NCCC(C(=O)[O-])N1C(=O)CCC1(O)C(=O)[O-])C(=O)[O-]. The molecule has 1 saturated heterocycles. The third-order valence-electron chi connectivity index (χ3n) is 4.68. The number of carbonyl (C=O) groups is 6. The summed E-state index contributed by atoms with van der Waals surface area (Å²) in [5.41, 5.74) is -2.41. The van der Waals surface area contributed by atoms with Gasteiger partial charge in [0.15, 0.2) is 5.72 Å². The zero-order chi connectivity index (χ0) is 24.7. The monoisotopic (exact) mass is 461 g/mol. The number of hydrogen-bond donors (Lipinski definition) is 4. The highest BCUT2D eigenvalue weighted by Crippen LogP contribution is 2.30. The quantitative estimate of drug-likeness (QED) is 0.186. The molecule has 3 unspecified atom stereocenters. The first-order valence-electron chi connectivity index (χ1n) is 9.40. The summed E-state index contributed by atoms with van der Waals surface area (Å²) in [7, 11) is 0. The summed E-state index contributed by atoms with van der Waals surface area (Å²) in [4.78, 5) is 69.5. The second-order valence-electron chi connectivity index (χ2n) is 7.09. The number of carbonyl (C=O) groups excluding carboxylic acids is 6. The lowest BCUT2D eigenvalue weighted by Crippen LogP contribution is -2.64. The van der Waals surface area contributed by atoms with Gasteiger partial charge in [0.25, 0.3) is 0 Å². The van der Waals surface area contributed by atoms with E-state index in [4.69, 9.17) is 0 Å². The van der Waals surface area contributed by atoms with Gasteiger partial charge in [0.1, 0.15) is 18.8 Å². The number of esters is 1. The number of aliphatic carboxylic acids is 3. The minimum Gasteiger partial charge on any atom is -0.548 e. The van der Waals surface area contributed by atoms with E-state index in [0.29, 0.717) is 0 Å². The number of nitrogens with zero attached hydrogens (tertiary/aromatic N) is 1. The number of amides is 2. The van der Waals surface area contributed by atoms with Gasteiger partial charge >= 0.3 is 5.97 Å². The van der Waals surface area contributed by atoms with E-state index < -0.39 is 91.7 Å². The Hall–Kier alpha value is -3.30. The van der Waals surface area contributed by atoms with Crippen molar-refractivity contribution in [2.45, 2.75) is 49.5 Å². The van der Waals surface area contributed by atoms with Crippen LogP contribution in [-0.2, 0) is 33.5 Å². The maximum absolute atomic E-state index is 12.0. The van der Waals surface area contributed by atoms with E-state index in [1.165, 1.54) is 0 Å². The molecular formula is C17H23N3O12-2. The van der Waals surface area contributed by atoms with Crippen LogP contribution in [0.15, 0.2) is 0 Å². The molecule has 15 heteroatoms. The van der Waals surface area contributed by atoms with Crippen LogP contribution in [0.5, 0.6) is 0 Å². The van der Waals surface area contributed by atoms with Crippen molar-refractivity contribution in [1.29, 1.82) is 0 Å². The van der Waals surface area contributed by atoms with Gasteiger partial charge < -0.3 is 60.6 Å². The van der Waals surface area contributed by atoms with Gasteiger partial charge in [0, 0.05) is 19.4 Å². The molecule has 1 fully saturated rings. The third-order valence-corrected chi connectivity index (χ3v) is 4.68. The van der Waals surface area contributed by atoms with Gasteiger partial charge in [0.05, 0.1) is 36.8 Å². The van der Waals surface area contributed by atoms with Crippen LogP contribution in [0.25, 0.3) is 0 Å². The molecule has 180 valence electrons. The summed E-state index contributed by atoms with van der Waals surface area (Å²) in [5.74, 6) is -9.41. The molecule has 2 amide bonds. The zero-order valence-corrected chi connectivity index (χ0v) is 16.9. The van der Waals surface area contributed by atoms with E-state index in [-0.39, 0.29) is 18.1 Å². The van der Waals surface area contributed by atoms with Crippen molar-refractivity contribution in [2.24, 2.45) is 0 Å². The molecule has 0 aromatic heterocycles. The van der Waals surface area contributed by atoms with E-state index >= 15 is 0 Å². The Morgan fingerprint density at radius 3 is 2.34 bits per heavy atom. The maximum atomic E-state index is 12.0. The molecule has 0 aliphatic carbocycles. The van der Waals surface area contributed by atoms with Gasteiger partial charge in [-0.05, 0) is 6.42 Å². The Kier molecular flexibility index (Phi) is 9.05. The number of carboxylic acid groups (broad SMARTS) is 3. The molecule has 0 saturated carbocycles. The van der Waals surface area contributed by atoms with Crippen LogP contribution in [0, 0.1) is 0 Å². The predicted octanol–water partition coefficient (Wildman–Crippen LogP) is -8.28. The summed E-state index contributed by atoms with van der Waals surface area (Å²) < 4.78 is 4.59. The van der Waals surface area contributed by atoms with Gasteiger partial charge in [-0.25, -0.2) is 0 Å². The van der Waals surface area contributed by atoms with Crippen LogP contribution in [0.1, 0.15) is 32.1 Å². The molecule has 6 N–H and O–H groups in total. The molecule has 3 atom stereocenters. The summed E-state index contributed by atoms with van der Waals surface area (Å²) >= 11 is 0. The van der Waals surface area contributed by atoms with Crippen molar-refractivity contribution < 1.29 is 64.8 Å². The molecule has 0 aromatic carbocycles. The number of likely N-dealkylation sites (tertiary alicyclic amines) is 1. The topological polar surface area (TPSA) is 264 Å². The molecule has 1 heterocycles. The molecule has 15 nitrogen and oxygen atoms in total. The Morgan fingerprint density at radius 1 is 1.22 bits per heavy atom. The van der Waals surface area contributed by atoms with Gasteiger partial charge in [-0.15, -0.1) is 0 Å². The van der Waals surface area contributed by atoms with Crippen molar-refractivity contribution >= 4 is 35.7 Å². The predicted molar refractivity (Wildman–Crippen MR) is 90.4 cm³/mol. The molecule has 0 spiro atoms. The second-order valence-corrected chi connectivity index (χ2v) is 7.09. The molecule has 1 rings (SSSR count). The van der Waals surface area contributed by atoms with E-state index in [2.05, 4.69) is 15.8 Å². The highest BCUT2D eigenvalue weighted by atomic mass is 16.5. The second kappa shape index (κ2) is 10.8. The minimum atomic E-state index is -2.92. The highest BCUT2D eigenvalue weighted by molar-refractivity contribution is 5.92. The Bertz CT molecular complexity index is 787. The average molecular weight is 461 g/mol. The number of rotatable bonds is 13. The largest absolute Gasteiger partial charge is 0.548 e. The van der Waals surface area contributed by atoms with Crippen molar-refractivity contribution in [2.75, 3.05) is 19.7 Å². The average Bonchev–Trinajstić information content (AvgIpc) is 2.99. The lowest BCUT2D eigenvalue weighted by atomic mass is 9.95. The summed E-state index contributed by atoms with van der Waals surface area (Å²) in [6.07, 6.45) is -3.98. The molecule has 0 radical (unpaired) electrons. The smallest absolute Gasteiger partial charge is 0.309 e. The lowest BCUT2D eigenvalue weighted by Gasteiger charge is -2.40. The maximum Gasteiger partial charge on any atom is 0.309 e. The van der Waals surface area contributed by atoms with Crippen LogP contribution in [0.4, 0.5) is 0 Å². The fraction of sp³-hybridized carbons (Fsp3) is 0.647. The normalized spacial score (nSPS) is 20.8. The summed E-state index contributed by atoms with van der Waals surface area (Å²) in [6, 6.07) is -1.97. The van der Waals surface area contributed by atoms with E-state index in [9.17, 15) is 54.3 Å². The van der Waals surface area contributed by atoms with Crippen molar-refractivity contribution in [3.05, 3.63) is 0 Å². The number of hydrogen-bond acceptors (Lipinski definition) is 12. The first-order chi connectivity index (χ1) is 14.8. The van der Waals surface area contributed by atoms with Gasteiger partial charge in [-0.2, -0.15) is 0 Å². The van der Waals surface area contributed by atoms with Crippen LogP contribution < -0.4 is 26.4 Å². The number of nitrogens with one attached hydrogen (secondary N) is 1. The van der Waals surface area contributed by atoms with Crippen molar-refractivity contribution in [3.63, 3.8) is 0 Å².